The molecule has 0 saturated carbocycles. The summed E-state index contributed by atoms with van der Waals surface area (Å²) in [7, 11) is 3.41. The third-order valence-corrected chi connectivity index (χ3v) is 2.46. The molecule has 0 atom stereocenters. The number of rotatable bonds is 3. The lowest BCUT2D eigenvalue weighted by atomic mass is 10.3. The molecule has 0 radical (unpaired) electrons. The van der Waals surface area contributed by atoms with Gasteiger partial charge in [0.05, 0.1) is 12.4 Å². The van der Waals surface area contributed by atoms with Gasteiger partial charge in [0, 0.05) is 32.2 Å². The van der Waals surface area contributed by atoms with E-state index in [2.05, 4.69) is 20.3 Å². The van der Waals surface area contributed by atoms with Gasteiger partial charge >= 0.3 is 0 Å². The first-order chi connectivity index (χ1) is 8.72. The Balaban J connectivity index is 2.25. The lowest BCUT2D eigenvalue weighted by Crippen LogP contribution is -2.27. The van der Waals surface area contributed by atoms with Crippen LogP contribution in [0.3, 0.4) is 0 Å². The monoisotopic (exact) mass is 243 g/mol. The number of aromatic nitrogens is 3. The van der Waals surface area contributed by atoms with E-state index in [1.807, 2.05) is 0 Å². The molecule has 0 unspecified atom stereocenters. The first-order valence-electron chi connectivity index (χ1n) is 5.40. The predicted molar refractivity (Wildman–Crippen MR) is 68.5 cm³/mol. The number of carbonyl (C=O) groups is 1. The molecule has 2 aromatic heterocycles. The van der Waals surface area contributed by atoms with E-state index >= 15 is 0 Å². The number of amides is 1. The van der Waals surface area contributed by atoms with Crippen molar-refractivity contribution in [3.05, 3.63) is 42.6 Å². The number of carbonyl (C=O) groups excluding carboxylic acids is 1. The van der Waals surface area contributed by atoms with Crippen molar-refractivity contribution in [1.29, 1.82) is 0 Å². The second kappa shape index (κ2) is 5.22. The highest BCUT2D eigenvalue weighted by molar-refractivity contribution is 6.04. The van der Waals surface area contributed by atoms with Crippen LogP contribution < -0.4 is 10.2 Å². The van der Waals surface area contributed by atoms with Gasteiger partial charge in [0.15, 0.2) is 0 Å². The van der Waals surface area contributed by atoms with E-state index in [4.69, 9.17) is 0 Å². The fourth-order valence-electron chi connectivity index (χ4n) is 1.45. The Morgan fingerprint density at radius 3 is 2.61 bits per heavy atom. The van der Waals surface area contributed by atoms with Crippen LogP contribution in [-0.2, 0) is 0 Å². The summed E-state index contributed by atoms with van der Waals surface area (Å²) in [6.45, 7) is 0. The third-order valence-electron chi connectivity index (χ3n) is 2.46. The molecule has 0 bridgehead atoms. The van der Waals surface area contributed by atoms with E-state index in [1.165, 1.54) is 11.1 Å². The summed E-state index contributed by atoms with van der Waals surface area (Å²) in [6, 6.07) is 3.51. The zero-order valence-corrected chi connectivity index (χ0v) is 10.2. The number of hydrogen-bond donors (Lipinski definition) is 1. The van der Waals surface area contributed by atoms with Gasteiger partial charge in [-0.25, -0.2) is 4.98 Å². The molecule has 0 aliphatic heterocycles. The second-order valence-electron chi connectivity index (χ2n) is 3.61. The van der Waals surface area contributed by atoms with E-state index in [9.17, 15) is 4.79 Å². The molecule has 1 N–H and O–H groups in total. The maximum atomic E-state index is 12.2. The molecule has 6 nitrogen and oxygen atoms in total. The molecule has 0 aliphatic carbocycles. The van der Waals surface area contributed by atoms with Crippen LogP contribution in [0.1, 0.15) is 10.5 Å². The average Bonchev–Trinajstić information content (AvgIpc) is 2.46. The Kier molecular flexibility index (Phi) is 3.47. The van der Waals surface area contributed by atoms with E-state index in [-0.39, 0.29) is 5.91 Å². The molecule has 92 valence electrons. The summed E-state index contributed by atoms with van der Waals surface area (Å²) in [4.78, 5) is 25.7. The zero-order valence-electron chi connectivity index (χ0n) is 10.2. The topological polar surface area (TPSA) is 71.0 Å². The van der Waals surface area contributed by atoms with Crippen molar-refractivity contribution in [2.24, 2.45) is 0 Å². The molecule has 0 fully saturated rings. The minimum Gasteiger partial charge on any atom is -0.372 e. The average molecular weight is 243 g/mol. The molecule has 0 spiro atoms. The molecule has 0 aliphatic rings. The molecule has 0 aromatic carbocycles. The van der Waals surface area contributed by atoms with Gasteiger partial charge in [-0.05, 0) is 12.1 Å². The van der Waals surface area contributed by atoms with Crippen molar-refractivity contribution in [1.82, 2.24) is 15.0 Å². The van der Waals surface area contributed by atoms with Crippen molar-refractivity contribution >= 4 is 17.4 Å². The molecule has 2 rings (SSSR count). The van der Waals surface area contributed by atoms with Gasteiger partial charge < -0.3 is 10.2 Å². The Morgan fingerprint density at radius 1 is 1.22 bits per heavy atom. The van der Waals surface area contributed by atoms with Crippen molar-refractivity contribution < 1.29 is 4.79 Å². The van der Waals surface area contributed by atoms with E-state index in [0.29, 0.717) is 11.5 Å². The molecule has 1 amide bonds. The minimum atomic E-state index is -0.217. The highest BCUT2D eigenvalue weighted by Crippen LogP contribution is 2.13. The number of hydrogen-bond acceptors (Lipinski definition) is 5. The minimum absolute atomic E-state index is 0.217. The highest BCUT2D eigenvalue weighted by atomic mass is 16.2. The molecular weight excluding hydrogens is 230 g/mol. The molecule has 2 aromatic rings. The maximum Gasteiger partial charge on any atom is 0.278 e. The normalized spacial score (nSPS) is 9.89. The number of pyridine rings is 1. The van der Waals surface area contributed by atoms with Gasteiger partial charge in [0.1, 0.15) is 11.5 Å². The summed E-state index contributed by atoms with van der Waals surface area (Å²) < 4.78 is 0. The molecular formula is C12H13N5O. The number of nitrogens with zero attached hydrogens (tertiary/aromatic N) is 4. The van der Waals surface area contributed by atoms with Gasteiger partial charge in [-0.1, -0.05) is 0 Å². The maximum absolute atomic E-state index is 12.2. The summed E-state index contributed by atoms with van der Waals surface area (Å²) in [5, 5.41) is 2.85. The SMILES string of the molecule is CNc1cncc(C(=O)N(C)c2ccncc2)n1. The predicted octanol–water partition coefficient (Wildman–Crippen LogP) is 1.19. The van der Waals surface area contributed by atoms with E-state index < -0.39 is 0 Å². The number of nitrogens with one attached hydrogen (secondary N) is 1. The Hall–Kier alpha value is -2.50. The standard InChI is InChI=1S/C12H13N5O/c1-13-11-8-15-7-10(16-11)12(18)17(2)9-3-5-14-6-4-9/h3-8H,1-2H3,(H,13,16). The van der Waals surface area contributed by atoms with Crippen LogP contribution in [0.2, 0.25) is 0 Å². The lowest BCUT2D eigenvalue weighted by Gasteiger charge is -2.16. The Labute approximate surface area is 105 Å². The van der Waals surface area contributed by atoms with Crippen LogP contribution in [0.15, 0.2) is 36.9 Å². The van der Waals surface area contributed by atoms with Gasteiger partial charge in [-0.15, -0.1) is 0 Å². The van der Waals surface area contributed by atoms with E-state index in [0.717, 1.165) is 5.69 Å². The van der Waals surface area contributed by atoms with Gasteiger partial charge in [0.2, 0.25) is 0 Å². The van der Waals surface area contributed by atoms with Crippen molar-refractivity contribution in [3.8, 4) is 0 Å². The van der Waals surface area contributed by atoms with Crippen molar-refractivity contribution in [2.45, 2.75) is 0 Å². The zero-order chi connectivity index (χ0) is 13.0. The smallest absolute Gasteiger partial charge is 0.278 e. The summed E-state index contributed by atoms with van der Waals surface area (Å²) >= 11 is 0. The van der Waals surface area contributed by atoms with Gasteiger partial charge in [0.25, 0.3) is 5.91 Å². The van der Waals surface area contributed by atoms with Crippen LogP contribution in [0, 0.1) is 0 Å². The van der Waals surface area contributed by atoms with Gasteiger partial charge in [-0.3, -0.25) is 14.8 Å². The first-order valence-corrected chi connectivity index (χ1v) is 5.40. The van der Waals surface area contributed by atoms with Crippen LogP contribution in [0.25, 0.3) is 0 Å². The molecule has 6 heteroatoms. The fourth-order valence-corrected chi connectivity index (χ4v) is 1.45. The highest BCUT2D eigenvalue weighted by Gasteiger charge is 2.15. The summed E-state index contributed by atoms with van der Waals surface area (Å²) in [5.41, 5.74) is 1.05. The molecule has 0 saturated heterocycles. The van der Waals surface area contributed by atoms with E-state index in [1.54, 1.807) is 44.8 Å². The first kappa shape index (κ1) is 12.0. The summed E-state index contributed by atoms with van der Waals surface area (Å²) in [5.74, 6) is 0.342. The summed E-state index contributed by atoms with van der Waals surface area (Å²) in [6.07, 6.45) is 6.27. The third kappa shape index (κ3) is 2.42. The van der Waals surface area contributed by atoms with Crippen molar-refractivity contribution in [3.63, 3.8) is 0 Å². The Morgan fingerprint density at radius 2 is 1.94 bits per heavy atom. The largest absolute Gasteiger partial charge is 0.372 e. The number of anilines is 2. The lowest BCUT2D eigenvalue weighted by molar-refractivity contribution is 0.0988. The second-order valence-corrected chi connectivity index (χ2v) is 3.61. The molecule has 18 heavy (non-hydrogen) atoms. The van der Waals surface area contributed by atoms with Crippen molar-refractivity contribution in [2.75, 3.05) is 24.3 Å². The Bertz CT molecular complexity index is 543. The van der Waals surface area contributed by atoms with Crippen LogP contribution >= 0.6 is 0 Å². The quantitative estimate of drug-likeness (QED) is 0.876. The van der Waals surface area contributed by atoms with Gasteiger partial charge in [-0.2, -0.15) is 0 Å². The van der Waals surface area contributed by atoms with Crippen LogP contribution in [0.4, 0.5) is 11.5 Å². The molecule has 2 heterocycles. The van der Waals surface area contributed by atoms with Crippen LogP contribution in [-0.4, -0.2) is 35.0 Å². The van der Waals surface area contributed by atoms with Crippen LogP contribution in [0.5, 0.6) is 0 Å². The fraction of sp³-hybridized carbons (Fsp3) is 0.167.